The van der Waals surface area contributed by atoms with E-state index in [1.165, 1.54) is 11.1 Å². The van der Waals surface area contributed by atoms with Crippen LogP contribution < -0.4 is 0 Å². The second kappa shape index (κ2) is 2.81. The number of rotatable bonds is 1. The third-order valence-corrected chi connectivity index (χ3v) is 2.29. The average Bonchev–Trinajstić information content (AvgIpc) is 2.45. The summed E-state index contributed by atoms with van der Waals surface area (Å²) in [5.41, 5.74) is -0.0228. The van der Waals surface area contributed by atoms with Crippen molar-refractivity contribution < 1.29 is 14.4 Å². The molecule has 5 nitrogen and oxygen atoms in total. The fourth-order valence-electron chi connectivity index (χ4n) is 1.56. The third kappa shape index (κ3) is 1.39. The molecule has 76 valence electrons. The molecule has 0 spiro atoms. The number of carbonyl (C=O) groups is 1. The predicted octanol–water partition coefficient (Wildman–Crippen LogP) is 0.190. The standard InChI is InChI=1S/C9H12N2O3/c1-6-3-10-14-7(6)8(12)11-4-9(2,13)5-11/h3,13H,4-5H2,1-2H3. The largest absolute Gasteiger partial charge is 0.386 e. The van der Waals surface area contributed by atoms with Gasteiger partial charge in [0.1, 0.15) is 0 Å². The van der Waals surface area contributed by atoms with Gasteiger partial charge >= 0.3 is 0 Å². The van der Waals surface area contributed by atoms with Crippen molar-refractivity contribution in [3.05, 3.63) is 17.5 Å². The van der Waals surface area contributed by atoms with Gasteiger partial charge in [-0.25, -0.2) is 0 Å². The SMILES string of the molecule is Cc1cnoc1C(=O)N1CC(C)(O)C1. The molecule has 1 aliphatic heterocycles. The van der Waals surface area contributed by atoms with Crippen LogP contribution in [0.25, 0.3) is 0 Å². The Hall–Kier alpha value is -1.36. The van der Waals surface area contributed by atoms with Gasteiger partial charge in [-0.05, 0) is 13.8 Å². The maximum absolute atomic E-state index is 11.7. The molecule has 0 atom stereocenters. The number of aliphatic hydroxyl groups is 1. The maximum Gasteiger partial charge on any atom is 0.292 e. The lowest BCUT2D eigenvalue weighted by Crippen LogP contribution is -2.61. The van der Waals surface area contributed by atoms with E-state index >= 15 is 0 Å². The average molecular weight is 196 g/mol. The van der Waals surface area contributed by atoms with E-state index in [-0.39, 0.29) is 11.7 Å². The number of hydrogen-bond acceptors (Lipinski definition) is 4. The summed E-state index contributed by atoms with van der Waals surface area (Å²) < 4.78 is 4.83. The van der Waals surface area contributed by atoms with Crippen molar-refractivity contribution in [1.82, 2.24) is 10.1 Å². The molecule has 14 heavy (non-hydrogen) atoms. The molecule has 0 bridgehead atoms. The van der Waals surface area contributed by atoms with Gasteiger partial charge in [0.25, 0.3) is 5.91 Å². The fourth-order valence-corrected chi connectivity index (χ4v) is 1.56. The lowest BCUT2D eigenvalue weighted by molar-refractivity contribution is -0.0680. The zero-order chi connectivity index (χ0) is 10.3. The van der Waals surface area contributed by atoms with E-state index in [1.807, 2.05) is 0 Å². The molecule has 1 aliphatic rings. The highest BCUT2D eigenvalue weighted by Crippen LogP contribution is 2.22. The van der Waals surface area contributed by atoms with Crippen molar-refractivity contribution in [3.8, 4) is 0 Å². The summed E-state index contributed by atoms with van der Waals surface area (Å²) in [6.45, 7) is 4.17. The quantitative estimate of drug-likeness (QED) is 0.696. The van der Waals surface area contributed by atoms with E-state index in [9.17, 15) is 9.90 Å². The number of likely N-dealkylation sites (tertiary alicyclic amines) is 1. The highest BCUT2D eigenvalue weighted by atomic mass is 16.5. The zero-order valence-corrected chi connectivity index (χ0v) is 8.15. The van der Waals surface area contributed by atoms with Gasteiger partial charge in [-0.2, -0.15) is 0 Å². The van der Waals surface area contributed by atoms with Gasteiger partial charge in [-0.3, -0.25) is 4.79 Å². The van der Waals surface area contributed by atoms with Crippen molar-refractivity contribution in [3.63, 3.8) is 0 Å². The molecule has 1 aromatic heterocycles. The van der Waals surface area contributed by atoms with Crippen LogP contribution in [0.2, 0.25) is 0 Å². The van der Waals surface area contributed by atoms with Crippen molar-refractivity contribution >= 4 is 5.91 Å². The van der Waals surface area contributed by atoms with Crippen LogP contribution in [0.5, 0.6) is 0 Å². The van der Waals surface area contributed by atoms with Crippen molar-refractivity contribution in [2.75, 3.05) is 13.1 Å². The summed E-state index contributed by atoms with van der Waals surface area (Å²) in [7, 11) is 0. The molecule has 0 unspecified atom stereocenters. The Morgan fingerprint density at radius 3 is 2.79 bits per heavy atom. The topological polar surface area (TPSA) is 66.6 Å². The molecule has 0 aliphatic carbocycles. The van der Waals surface area contributed by atoms with Gasteiger partial charge in [-0.15, -0.1) is 0 Å². The summed E-state index contributed by atoms with van der Waals surface area (Å²) in [6.07, 6.45) is 1.51. The molecule has 1 amide bonds. The van der Waals surface area contributed by atoms with Crippen molar-refractivity contribution in [1.29, 1.82) is 0 Å². The Kier molecular flexibility index (Phi) is 1.85. The molecule has 1 aromatic rings. The molecule has 0 saturated carbocycles. The summed E-state index contributed by atoms with van der Waals surface area (Å²) in [6, 6.07) is 0. The monoisotopic (exact) mass is 196 g/mol. The normalized spacial score (nSPS) is 19.2. The number of hydrogen-bond donors (Lipinski definition) is 1. The second-order valence-corrected chi connectivity index (χ2v) is 4.00. The van der Waals surface area contributed by atoms with Crippen LogP contribution in [-0.2, 0) is 0 Å². The van der Waals surface area contributed by atoms with Crippen molar-refractivity contribution in [2.45, 2.75) is 19.4 Å². The summed E-state index contributed by atoms with van der Waals surface area (Å²) >= 11 is 0. The number of amides is 1. The van der Waals surface area contributed by atoms with E-state index in [4.69, 9.17) is 4.52 Å². The van der Waals surface area contributed by atoms with E-state index < -0.39 is 5.60 Å². The first-order valence-electron chi connectivity index (χ1n) is 4.42. The molecule has 1 N–H and O–H groups in total. The second-order valence-electron chi connectivity index (χ2n) is 4.00. The molecule has 2 heterocycles. The highest BCUT2D eigenvalue weighted by molar-refractivity contribution is 5.93. The lowest BCUT2D eigenvalue weighted by atomic mass is 9.96. The molecule has 2 rings (SSSR count). The van der Waals surface area contributed by atoms with Crippen LogP contribution in [0.15, 0.2) is 10.7 Å². The molecular weight excluding hydrogens is 184 g/mol. The number of aryl methyl sites for hydroxylation is 1. The van der Waals surface area contributed by atoms with Gasteiger partial charge in [0.15, 0.2) is 0 Å². The van der Waals surface area contributed by atoms with Crippen LogP contribution in [0.1, 0.15) is 23.0 Å². The van der Waals surface area contributed by atoms with Gasteiger partial charge in [0.05, 0.1) is 24.9 Å². The van der Waals surface area contributed by atoms with E-state index in [0.717, 1.165) is 5.56 Å². The lowest BCUT2D eigenvalue weighted by Gasteiger charge is -2.43. The van der Waals surface area contributed by atoms with Gasteiger partial charge < -0.3 is 14.5 Å². The van der Waals surface area contributed by atoms with Crippen LogP contribution in [-0.4, -0.2) is 39.8 Å². The first-order chi connectivity index (χ1) is 6.49. The fraction of sp³-hybridized carbons (Fsp3) is 0.556. The molecular formula is C9H12N2O3. The molecule has 5 heteroatoms. The van der Waals surface area contributed by atoms with Crippen LogP contribution in [0, 0.1) is 6.92 Å². The smallest absolute Gasteiger partial charge is 0.292 e. The Labute approximate surface area is 81.3 Å². The zero-order valence-electron chi connectivity index (χ0n) is 8.15. The van der Waals surface area contributed by atoms with E-state index in [0.29, 0.717) is 13.1 Å². The van der Waals surface area contributed by atoms with Gasteiger partial charge in [0.2, 0.25) is 5.76 Å². The number of β-amino-alcohol motifs (C(OH)–C–C–N with tert-alkyl or cyclic N) is 1. The Bertz CT molecular complexity index is 362. The number of carbonyl (C=O) groups excluding carboxylic acids is 1. The van der Waals surface area contributed by atoms with Crippen LogP contribution in [0.3, 0.4) is 0 Å². The molecule has 0 radical (unpaired) electrons. The minimum atomic E-state index is -0.746. The van der Waals surface area contributed by atoms with E-state index in [1.54, 1.807) is 13.8 Å². The Morgan fingerprint density at radius 2 is 2.36 bits per heavy atom. The molecule has 0 aromatic carbocycles. The Morgan fingerprint density at radius 1 is 1.71 bits per heavy atom. The molecule has 1 saturated heterocycles. The summed E-state index contributed by atoms with van der Waals surface area (Å²) in [5, 5.41) is 13.0. The minimum absolute atomic E-state index is 0.202. The number of nitrogens with zero attached hydrogens (tertiary/aromatic N) is 2. The van der Waals surface area contributed by atoms with Crippen molar-refractivity contribution in [2.24, 2.45) is 0 Å². The first-order valence-corrected chi connectivity index (χ1v) is 4.42. The molecule has 1 fully saturated rings. The summed E-state index contributed by atoms with van der Waals surface area (Å²) in [5.74, 6) is 0.0621. The third-order valence-electron chi connectivity index (χ3n) is 2.29. The Balaban J connectivity index is 2.08. The van der Waals surface area contributed by atoms with Gasteiger partial charge in [-0.1, -0.05) is 5.16 Å². The van der Waals surface area contributed by atoms with Gasteiger partial charge in [0, 0.05) is 5.56 Å². The first kappa shape index (κ1) is 9.21. The highest BCUT2D eigenvalue weighted by Gasteiger charge is 2.41. The van der Waals surface area contributed by atoms with Crippen LogP contribution in [0.4, 0.5) is 0 Å². The predicted molar refractivity (Wildman–Crippen MR) is 47.8 cm³/mol. The maximum atomic E-state index is 11.7. The summed E-state index contributed by atoms with van der Waals surface area (Å²) in [4.78, 5) is 13.2. The minimum Gasteiger partial charge on any atom is -0.386 e. The van der Waals surface area contributed by atoms with E-state index in [2.05, 4.69) is 5.16 Å². The number of aromatic nitrogens is 1. The van der Waals surface area contributed by atoms with Crippen LogP contribution >= 0.6 is 0 Å².